The van der Waals surface area contributed by atoms with Crippen molar-refractivity contribution in [3.8, 4) is 11.5 Å². The first-order chi connectivity index (χ1) is 10.1. The van der Waals surface area contributed by atoms with Crippen molar-refractivity contribution >= 4 is 0 Å². The van der Waals surface area contributed by atoms with Crippen LogP contribution in [0.25, 0.3) is 0 Å². The molecule has 0 spiro atoms. The Morgan fingerprint density at radius 1 is 1.19 bits per heavy atom. The molecule has 0 aliphatic carbocycles. The van der Waals surface area contributed by atoms with Crippen molar-refractivity contribution in [3.63, 3.8) is 0 Å². The van der Waals surface area contributed by atoms with Gasteiger partial charge in [-0.15, -0.1) is 0 Å². The van der Waals surface area contributed by atoms with Gasteiger partial charge in [-0.3, -0.25) is 0 Å². The van der Waals surface area contributed by atoms with Gasteiger partial charge in [-0.1, -0.05) is 6.92 Å². The number of aliphatic hydroxyl groups is 1. The van der Waals surface area contributed by atoms with E-state index in [0.717, 1.165) is 62.4 Å². The molecule has 1 saturated heterocycles. The van der Waals surface area contributed by atoms with E-state index in [9.17, 15) is 5.11 Å². The van der Waals surface area contributed by atoms with Crippen LogP contribution in [0.5, 0.6) is 11.5 Å². The van der Waals surface area contributed by atoms with Crippen LogP contribution in [-0.4, -0.2) is 43.9 Å². The minimum Gasteiger partial charge on any atom is -0.497 e. The third-order valence-corrected chi connectivity index (χ3v) is 4.35. The minimum absolute atomic E-state index is 0.733. The predicted octanol–water partition coefficient (Wildman–Crippen LogP) is 2.79. The Morgan fingerprint density at radius 2 is 2.00 bits per heavy atom. The number of ether oxygens (including phenoxy) is 2. The van der Waals surface area contributed by atoms with Crippen molar-refractivity contribution < 1.29 is 14.6 Å². The molecule has 0 bridgehead atoms. The smallest absolute Gasteiger partial charge is 0.125 e. The molecular weight excluding hydrogens is 266 g/mol. The molecule has 0 saturated carbocycles. The van der Waals surface area contributed by atoms with Crippen LogP contribution >= 0.6 is 0 Å². The molecule has 1 aromatic rings. The average molecular weight is 293 g/mol. The molecule has 1 atom stereocenters. The Morgan fingerprint density at radius 3 is 2.67 bits per heavy atom. The van der Waals surface area contributed by atoms with Crippen LogP contribution in [0, 0.1) is 0 Å². The Labute approximate surface area is 127 Å². The fourth-order valence-corrected chi connectivity index (χ4v) is 3.16. The highest BCUT2D eigenvalue weighted by atomic mass is 16.5. The van der Waals surface area contributed by atoms with E-state index >= 15 is 0 Å². The van der Waals surface area contributed by atoms with Crippen molar-refractivity contribution in [2.24, 2.45) is 0 Å². The third-order valence-electron chi connectivity index (χ3n) is 4.35. The van der Waals surface area contributed by atoms with Gasteiger partial charge in [-0.2, -0.15) is 0 Å². The maximum absolute atomic E-state index is 11.2. The number of methoxy groups -OCH3 is 2. The zero-order valence-corrected chi connectivity index (χ0v) is 13.4. The molecule has 1 heterocycles. The van der Waals surface area contributed by atoms with Crippen LogP contribution in [0.4, 0.5) is 0 Å². The first-order valence-electron chi connectivity index (χ1n) is 7.80. The zero-order chi connectivity index (χ0) is 15.3. The largest absolute Gasteiger partial charge is 0.497 e. The highest BCUT2D eigenvalue weighted by molar-refractivity contribution is 5.44. The molecule has 0 aromatic heterocycles. The summed E-state index contributed by atoms with van der Waals surface area (Å²) in [6, 6.07) is 5.65. The normalized spacial score (nSPS) is 23.6. The first kappa shape index (κ1) is 16.1. The van der Waals surface area contributed by atoms with Crippen LogP contribution in [0.1, 0.15) is 38.2 Å². The molecule has 118 valence electrons. The fraction of sp³-hybridized carbons (Fsp3) is 0.647. The van der Waals surface area contributed by atoms with Crippen LogP contribution in [0.2, 0.25) is 0 Å². The summed E-state index contributed by atoms with van der Waals surface area (Å²) in [6.45, 7) is 5.28. The van der Waals surface area contributed by atoms with Gasteiger partial charge in [0.2, 0.25) is 0 Å². The first-order valence-corrected chi connectivity index (χ1v) is 7.80. The summed E-state index contributed by atoms with van der Waals surface area (Å²) < 4.78 is 10.8. The SMILES string of the molecule is CCCN1CCCC(O)(c2cc(OC)ccc2OC)CC1. The van der Waals surface area contributed by atoms with Gasteiger partial charge in [-0.25, -0.2) is 0 Å². The highest BCUT2D eigenvalue weighted by Crippen LogP contribution is 2.39. The van der Waals surface area contributed by atoms with Crippen LogP contribution < -0.4 is 9.47 Å². The second-order valence-corrected chi connectivity index (χ2v) is 5.79. The molecule has 1 N–H and O–H groups in total. The molecule has 21 heavy (non-hydrogen) atoms. The summed E-state index contributed by atoms with van der Waals surface area (Å²) >= 11 is 0. The van der Waals surface area contributed by atoms with E-state index in [4.69, 9.17) is 9.47 Å². The van der Waals surface area contributed by atoms with E-state index in [-0.39, 0.29) is 0 Å². The molecule has 1 unspecified atom stereocenters. The van der Waals surface area contributed by atoms with E-state index in [1.807, 2.05) is 18.2 Å². The van der Waals surface area contributed by atoms with E-state index < -0.39 is 5.60 Å². The van der Waals surface area contributed by atoms with E-state index in [1.54, 1.807) is 14.2 Å². The summed E-state index contributed by atoms with van der Waals surface area (Å²) in [7, 11) is 3.29. The van der Waals surface area contributed by atoms with Gasteiger partial charge < -0.3 is 19.5 Å². The van der Waals surface area contributed by atoms with Crippen molar-refractivity contribution in [1.82, 2.24) is 4.90 Å². The third kappa shape index (κ3) is 3.69. The number of rotatable bonds is 5. The van der Waals surface area contributed by atoms with Gasteiger partial charge in [0.05, 0.1) is 19.8 Å². The topological polar surface area (TPSA) is 41.9 Å². The summed E-state index contributed by atoms with van der Waals surface area (Å²) in [4.78, 5) is 2.44. The highest BCUT2D eigenvalue weighted by Gasteiger charge is 2.34. The van der Waals surface area contributed by atoms with Crippen molar-refractivity contribution in [2.75, 3.05) is 33.9 Å². The standard InChI is InChI=1S/C17H27NO3/c1-4-10-18-11-5-8-17(19,9-12-18)15-13-14(20-2)6-7-16(15)21-3/h6-7,13,19H,4-5,8-12H2,1-3H3. The Hall–Kier alpha value is -1.26. The van der Waals surface area contributed by atoms with E-state index in [2.05, 4.69) is 11.8 Å². The Bertz CT molecular complexity index is 463. The maximum Gasteiger partial charge on any atom is 0.125 e. The van der Waals surface area contributed by atoms with Crippen molar-refractivity contribution in [1.29, 1.82) is 0 Å². The van der Waals surface area contributed by atoms with E-state index in [0.29, 0.717) is 0 Å². The summed E-state index contributed by atoms with van der Waals surface area (Å²) in [6.07, 6.45) is 3.64. The van der Waals surface area contributed by atoms with Gasteiger partial charge >= 0.3 is 0 Å². The number of likely N-dealkylation sites (tertiary alicyclic amines) is 1. The number of nitrogens with zero attached hydrogens (tertiary/aromatic N) is 1. The number of hydrogen-bond acceptors (Lipinski definition) is 4. The molecule has 1 fully saturated rings. The van der Waals surface area contributed by atoms with Gasteiger partial charge in [-0.05, 0) is 57.0 Å². The molecule has 1 aromatic carbocycles. The average Bonchev–Trinajstić information content (AvgIpc) is 2.70. The lowest BCUT2D eigenvalue weighted by Crippen LogP contribution is -2.30. The van der Waals surface area contributed by atoms with Crippen LogP contribution in [-0.2, 0) is 5.60 Å². The lowest BCUT2D eigenvalue weighted by Gasteiger charge is -2.29. The van der Waals surface area contributed by atoms with Gasteiger partial charge in [0.25, 0.3) is 0 Å². The summed E-state index contributed by atoms with van der Waals surface area (Å²) in [5.41, 5.74) is 0.0187. The second-order valence-electron chi connectivity index (χ2n) is 5.79. The zero-order valence-electron chi connectivity index (χ0n) is 13.4. The molecule has 1 aliphatic rings. The number of benzene rings is 1. The lowest BCUT2D eigenvalue weighted by atomic mass is 9.86. The van der Waals surface area contributed by atoms with Crippen molar-refractivity contribution in [3.05, 3.63) is 23.8 Å². The predicted molar refractivity (Wildman–Crippen MR) is 84.0 cm³/mol. The molecule has 4 nitrogen and oxygen atoms in total. The van der Waals surface area contributed by atoms with Crippen LogP contribution in [0.15, 0.2) is 18.2 Å². The minimum atomic E-state index is -0.831. The molecule has 4 heteroatoms. The quantitative estimate of drug-likeness (QED) is 0.906. The van der Waals surface area contributed by atoms with Crippen LogP contribution in [0.3, 0.4) is 0 Å². The maximum atomic E-state index is 11.2. The summed E-state index contributed by atoms with van der Waals surface area (Å²) in [5.74, 6) is 1.50. The van der Waals surface area contributed by atoms with Crippen molar-refractivity contribution in [2.45, 2.75) is 38.2 Å². The Kier molecular flexibility index (Phi) is 5.48. The second kappa shape index (κ2) is 7.14. The van der Waals surface area contributed by atoms with Gasteiger partial charge in [0.15, 0.2) is 0 Å². The van der Waals surface area contributed by atoms with Gasteiger partial charge in [0.1, 0.15) is 11.5 Å². The number of hydrogen-bond donors (Lipinski definition) is 1. The van der Waals surface area contributed by atoms with Gasteiger partial charge in [0, 0.05) is 12.1 Å². The molecular formula is C17H27NO3. The molecule has 0 radical (unpaired) electrons. The molecule has 1 aliphatic heterocycles. The Balaban J connectivity index is 2.26. The fourth-order valence-electron chi connectivity index (χ4n) is 3.16. The monoisotopic (exact) mass is 293 g/mol. The molecule has 2 rings (SSSR count). The molecule has 0 amide bonds. The summed E-state index contributed by atoms with van der Waals surface area (Å²) in [5, 5.41) is 11.2. The van der Waals surface area contributed by atoms with E-state index in [1.165, 1.54) is 0 Å². The lowest BCUT2D eigenvalue weighted by molar-refractivity contribution is 0.0188.